The Morgan fingerprint density at radius 2 is 2.00 bits per heavy atom. The van der Waals surface area contributed by atoms with Crippen molar-refractivity contribution in [1.29, 1.82) is 0 Å². The van der Waals surface area contributed by atoms with Crippen LogP contribution in [0, 0.1) is 0 Å². The standard InChI is InChI=1S/C6H6N4S/c7-3-1-2-4-6(5(3)8)10-11-9-4/h1-2H,7-8H2. The Labute approximate surface area is 67.2 Å². The van der Waals surface area contributed by atoms with Crippen LogP contribution in [0.1, 0.15) is 0 Å². The number of benzene rings is 1. The maximum Gasteiger partial charge on any atom is 0.129 e. The predicted molar refractivity (Wildman–Crippen MR) is 46.2 cm³/mol. The molecule has 1 aromatic heterocycles. The van der Waals surface area contributed by atoms with Crippen molar-refractivity contribution in [2.24, 2.45) is 0 Å². The molecule has 1 heterocycles. The van der Waals surface area contributed by atoms with Gasteiger partial charge in [-0.25, -0.2) is 0 Å². The molecule has 0 bridgehead atoms. The van der Waals surface area contributed by atoms with Gasteiger partial charge in [-0.2, -0.15) is 8.75 Å². The van der Waals surface area contributed by atoms with Crippen molar-refractivity contribution in [3.05, 3.63) is 12.1 Å². The molecule has 0 aliphatic carbocycles. The number of hydrogen-bond acceptors (Lipinski definition) is 5. The van der Waals surface area contributed by atoms with Crippen LogP contribution in [0.4, 0.5) is 11.4 Å². The summed E-state index contributed by atoms with van der Waals surface area (Å²) in [5.74, 6) is 0. The number of rotatable bonds is 0. The quantitative estimate of drug-likeness (QED) is 0.569. The van der Waals surface area contributed by atoms with Gasteiger partial charge in [-0.05, 0) is 12.1 Å². The van der Waals surface area contributed by atoms with Crippen LogP contribution < -0.4 is 11.5 Å². The zero-order chi connectivity index (χ0) is 7.84. The third kappa shape index (κ3) is 0.813. The van der Waals surface area contributed by atoms with Crippen molar-refractivity contribution >= 4 is 34.1 Å². The molecule has 4 N–H and O–H groups in total. The van der Waals surface area contributed by atoms with Crippen LogP contribution in [0.5, 0.6) is 0 Å². The lowest BCUT2D eigenvalue weighted by Gasteiger charge is -1.96. The van der Waals surface area contributed by atoms with Gasteiger partial charge in [0.2, 0.25) is 0 Å². The summed E-state index contributed by atoms with van der Waals surface area (Å²) in [7, 11) is 0. The Bertz CT molecular complexity index is 394. The molecule has 0 unspecified atom stereocenters. The summed E-state index contributed by atoms with van der Waals surface area (Å²) in [5.41, 5.74) is 13.8. The van der Waals surface area contributed by atoms with Crippen molar-refractivity contribution < 1.29 is 0 Å². The first kappa shape index (κ1) is 6.36. The second kappa shape index (κ2) is 2.06. The van der Waals surface area contributed by atoms with Gasteiger partial charge in [-0.3, -0.25) is 0 Å². The highest BCUT2D eigenvalue weighted by Crippen LogP contribution is 2.24. The number of fused-ring (bicyclic) bond motifs is 1. The molecular weight excluding hydrogens is 160 g/mol. The number of nitrogens with two attached hydrogens (primary N) is 2. The molecule has 5 heteroatoms. The minimum absolute atomic E-state index is 0.524. The Hall–Kier alpha value is -1.36. The first-order valence-corrected chi connectivity index (χ1v) is 3.78. The fourth-order valence-electron chi connectivity index (χ4n) is 0.887. The van der Waals surface area contributed by atoms with Crippen LogP contribution in [0.3, 0.4) is 0 Å². The zero-order valence-electron chi connectivity index (χ0n) is 5.61. The first-order valence-electron chi connectivity index (χ1n) is 3.05. The second-order valence-electron chi connectivity index (χ2n) is 2.20. The molecule has 11 heavy (non-hydrogen) atoms. The molecular formula is C6H6N4S. The molecule has 0 fully saturated rings. The van der Waals surface area contributed by atoms with Gasteiger partial charge in [0, 0.05) is 0 Å². The van der Waals surface area contributed by atoms with E-state index in [1.807, 2.05) is 6.07 Å². The number of aromatic nitrogens is 2. The van der Waals surface area contributed by atoms with E-state index in [-0.39, 0.29) is 0 Å². The van der Waals surface area contributed by atoms with E-state index in [0.29, 0.717) is 16.9 Å². The van der Waals surface area contributed by atoms with Crippen molar-refractivity contribution in [3.8, 4) is 0 Å². The minimum Gasteiger partial charge on any atom is -0.397 e. The Morgan fingerprint density at radius 3 is 2.82 bits per heavy atom. The summed E-state index contributed by atoms with van der Waals surface area (Å²) in [5, 5.41) is 0. The molecule has 0 radical (unpaired) electrons. The molecule has 0 saturated heterocycles. The molecule has 0 aliphatic heterocycles. The van der Waals surface area contributed by atoms with E-state index >= 15 is 0 Å². The van der Waals surface area contributed by atoms with Gasteiger partial charge in [0.25, 0.3) is 0 Å². The smallest absolute Gasteiger partial charge is 0.129 e. The fraction of sp³-hybridized carbons (Fsp3) is 0. The monoisotopic (exact) mass is 166 g/mol. The maximum absolute atomic E-state index is 5.64. The van der Waals surface area contributed by atoms with E-state index < -0.39 is 0 Å². The van der Waals surface area contributed by atoms with E-state index in [1.165, 1.54) is 0 Å². The average Bonchev–Trinajstić information content (AvgIpc) is 2.45. The summed E-state index contributed by atoms with van der Waals surface area (Å²) >= 11 is 1.14. The van der Waals surface area contributed by atoms with Gasteiger partial charge < -0.3 is 11.5 Å². The van der Waals surface area contributed by atoms with Crippen LogP contribution >= 0.6 is 11.7 Å². The lowest BCUT2D eigenvalue weighted by molar-refractivity contribution is 1.62. The van der Waals surface area contributed by atoms with Gasteiger partial charge in [-0.1, -0.05) is 0 Å². The number of nitrogen functional groups attached to an aromatic ring is 2. The fourth-order valence-corrected chi connectivity index (χ4v) is 1.44. The van der Waals surface area contributed by atoms with Crippen molar-refractivity contribution in [2.45, 2.75) is 0 Å². The Morgan fingerprint density at radius 1 is 1.18 bits per heavy atom. The van der Waals surface area contributed by atoms with E-state index in [9.17, 15) is 0 Å². The maximum atomic E-state index is 5.64. The normalized spacial score (nSPS) is 10.5. The van der Waals surface area contributed by atoms with Crippen LogP contribution in [0.15, 0.2) is 12.1 Å². The van der Waals surface area contributed by atoms with Crippen molar-refractivity contribution in [3.63, 3.8) is 0 Å². The Balaban J connectivity index is 2.93. The molecule has 0 amide bonds. The molecule has 2 rings (SSSR count). The van der Waals surface area contributed by atoms with Crippen LogP contribution in [-0.4, -0.2) is 8.75 Å². The third-order valence-electron chi connectivity index (χ3n) is 1.50. The van der Waals surface area contributed by atoms with Gasteiger partial charge in [-0.15, -0.1) is 0 Å². The Kier molecular flexibility index (Phi) is 1.19. The van der Waals surface area contributed by atoms with E-state index in [0.717, 1.165) is 17.2 Å². The summed E-state index contributed by atoms with van der Waals surface area (Å²) in [6, 6.07) is 3.55. The SMILES string of the molecule is Nc1ccc2nsnc2c1N. The topological polar surface area (TPSA) is 77.8 Å². The lowest BCUT2D eigenvalue weighted by Crippen LogP contribution is -1.94. The van der Waals surface area contributed by atoms with Crippen LogP contribution in [0.2, 0.25) is 0 Å². The first-order chi connectivity index (χ1) is 5.29. The summed E-state index contributed by atoms with van der Waals surface area (Å²) < 4.78 is 8.02. The van der Waals surface area contributed by atoms with Crippen LogP contribution in [-0.2, 0) is 0 Å². The van der Waals surface area contributed by atoms with Gasteiger partial charge in [0.05, 0.1) is 23.1 Å². The summed E-state index contributed by atoms with van der Waals surface area (Å²) in [4.78, 5) is 0. The number of hydrogen-bond donors (Lipinski definition) is 2. The molecule has 0 saturated carbocycles. The molecule has 2 aromatic rings. The highest BCUT2D eigenvalue weighted by atomic mass is 32.1. The molecule has 0 aliphatic rings. The van der Waals surface area contributed by atoms with Crippen LogP contribution in [0.25, 0.3) is 11.0 Å². The molecule has 4 nitrogen and oxygen atoms in total. The minimum atomic E-state index is 0.524. The average molecular weight is 166 g/mol. The molecule has 0 spiro atoms. The van der Waals surface area contributed by atoms with E-state index in [2.05, 4.69) is 8.75 Å². The van der Waals surface area contributed by atoms with Crippen molar-refractivity contribution in [1.82, 2.24) is 8.75 Å². The van der Waals surface area contributed by atoms with Gasteiger partial charge in [0.1, 0.15) is 11.0 Å². The highest BCUT2D eigenvalue weighted by Gasteiger charge is 2.03. The molecule has 0 atom stereocenters. The molecule has 1 aromatic carbocycles. The lowest BCUT2D eigenvalue weighted by atomic mass is 10.2. The molecule has 56 valence electrons. The zero-order valence-corrected chi connectivity index (χ0v) is 6.43. The van der Waals surface area contributed by atoms with Crippen molar-refractivity contribution in [2.75, 3.05) is 11.5 Å². The van der Waals surface area contributed by atoms with E-state index in [4.69, 9.17) is 11.5 Å². The third-order valence-corrected chi connectivity index (χ3v) is 2.04. The predicted octanol–water partition coefficient (Wildman–Crippen LogP) is 0.856. The van der Waals surface area contributed by atoms with E-state index in [1.54, 1.807) is 6.07 Å². The largest absolute Gasteiger partial charge is 0.397 e. The van der Waals surface area contributed by atoms with Gasteiger partial charge in [0.15, 0.2) is 0 Å². The number of nitrogens with zero attached hydrogens (tertiary/aromatic N) is 2. The second-order valence-corrected chi connectivity index (χ2v) is 2.73. The number of anilines is 2. The summed E-state index contributed by atoms with van der Waals surface area (Å²) in [6.07, 6.45) is 0. The highest BCUT2D eigenvalue weighted by molar-refractivity contribution is 7.00. The van der Waals surface area contributed by atoms with Gasteiger partial charge >= 0.3 is 0 Å². The summed E-state index contributed by atoms with van der Waals surface area (Å²) in [6.45, 7) is 0.